The fourth-order valence-corrected chi connectivity index (χ4v) is 4.01. The molecule has 7 heteroatoms. The summed E-state index contributed by atoms with van der Waals surface area (Å²) in [6.07, 6.45) is 1.57. The van der Waals surface area contributed by atoms with Crippen LogP contribution in [0.2, 0.25) is 0 Å². The maximum Gasteiger partial charge on any atom is 0.266 e. The van der Waals surface area contributed by atoms with Crippen molar-refractivity contribution in [2.75, 3.05) is 5.75 Å². The number of aryl methyl sites for hydroxylation is 1. The van der Waals surface area contributed by atoms with Gasteiger partial charge in [0.05, 0.1) is 35.2 Å². The summed E-state index contributed by atoms with van der Waals surface area (Å²) >= 11 is 1.24. The molecule has 0 atom stereocenters. The zero-order chi connectivity index (χ0) is 21.1. The Bertz CT molecular complexity index is 1260. The van der Waals surface area contributed by atoms with Crippen LogP contribution in [-0.2, 0) is 11.3 Å². The fraction of sp³-hybridized carbons (Fsp3) is 0.174. The third-order valence-electron chi connectivity index (χ3n) is 4.93. The van der Waals surface area contributed by atoms with E-state index in [2.05, 4.69) is 5.32 Å². The van der Waals surface area contributed by atoms with Crippen LogP contribution in [0, 0.1) is 13.8 Å². The molecular weight excluding hydrogens is 398 g/mol. The molecule has 1 N–H and O–H groups in total. The van der Waals surface area contributed by atoms with Crippen molar-refractivity contribution in [3.63, 3.8) is 0 Å². The number of rotatable bonds is 6. The molecular formula is C23H21N3O3S. The van der Waals surface area contributed by atoms with Gasteiger partial charge in [-0.3, -0.25) is 14.2 Å². The normalized spacial score (nSPS) is 11.0. The van der Waals surface area contributed by atoms with Gasteiger partial charge in [-0.2, -0.15) is 0 Å². The molecule has 4 aromatic rings. The van der Waals surface area contributed by atoms with Gasteiger partial charge in [0.1, 0.15) is 5.76 Å². The monoisotopic (exact) mass is 419 g/mol. The molecule has 4 rings (SSSR count). The third-order valence-corrected chi connectivity index (χ3v) is 5.87. The topological polar surface area (TPSA) is 77.1 Å². The Morgan fingerprint density at radius 3 is 2.73 bits per heavy atom. The maximum absolute atomic E-state index is 13.3. The molecule has 152 valence electrons. The first-order chi connectivity index (χ1) is 14.5. The van der Waals surface area contributed by atoms with Gasteiger partial charge in [-0.1, -0.05) is 36.0 Å². The molecule has 0 spiro atoms. The number of benzene rings is 2. The van der Waals surface area contributed by atoms with Gasteiger partial charge in [0.25, 0.3) is 5.56 Å². The SMILES string of the molecule is Cc1cccc(-n2c(SCC(=O)NCc3ccco3)nc3ccccc3c2=O)c1C. The van der Waals surface area contributed by atoms with Crippen LogP contribution >= 0.6 is 11.8 Å². The van der Waals surface area contributed by atoms with Crippen molar-refractivity contribution in [2.45, 2.75) is 25.5 Å². The van der Waals surface area contributed by atoms with Gasteiger partial charge in [0.15, 0.2) is 5.16 Å². The van der Waals surface area contributed by atoms with Crippen LogP contribution in [0.4, 0.5) is 0 Å². The van der Waals surface area contributed by atoms with E-state index in [9.17, 15) is 9.59 Å². The van der Waals surface area contributed by atoms with Gasteiger partial charge in [0, 0.05) is 0 Å². The highest BCUT2D eigenvalue weighted by atomic mass is 32.2. The van der Waals surface area contributed by atoms with Gasteiger partial charge in [-0.15, -0.1) is 0 Å². The van der Waals surface area contributed by atoms with Gasteiger partial charge in [-0.25, -0.2) is 4.98 Å². The average Bonchev–Trinajstić information content (AvgIpc) is 3.27. The molecule has 2 aromatic carbocycles. The van der Waals surface area contributed by atoms with Crippen LogP contribution in [-0.4, -0.2) is 21.2 Å². The molecule has 0 bridgehead atoms. The molecule has 0 saturated heterocycles. The summed E-state index contributed by atoms with van der Waals surface area (Å²) in [4.78, 5) is 30.4. The smallest absolute Gasteiger partial charge is 0.266 e. The van der Waals surface area contributed by atoms with Crippen LogP contribution in [0.3, 0.4) is 0 Å². The van der Waals surface area contributed by atoms with Gasteiger partial charge in [0.2, 0.25) is 5.91 Å². The first kappa shape index (κ1) is 20.0. The zero-order valence-corrected chi connectivity index (χ0v) is 17.5. The van der Waals surface area contributed by atoms with E-state index >= 15 is 0 Å². The van der Waals surface area contributed by atoms with E-state index in [1.54, 1.807) is 29.0 Å². The number of furan rings is 1. The van der Waals surface area contributed by atoms with E-state index in [1.165, 1.54) is 11.8 Å². The minimum Gasteiger partial charge on any atom is -0.467 e. The number of hydrogen-bond acceptors (Lipinski definition) is 5. The summed E-state index contributed by atoms with van der Waals surface area (Å²) in [6.45, 7) is 4.31. The summed E-state index contributed by atoms with van der Waals surface area (Å²) in [6, 6.07) is 16.7. The summed E-state index contributed by atoms with van der Waals surface area (Å²) in [5.41, 5.74) is 3.33. The molecule has 1 amide bonds. The van der Waals surface area contributed by atoms with Crippen molar-refractivity contribution >= 4 is 28.6 Å². The van der Waals surface area contributed by atoms with Crippen LogP contribution in [0.1, 0.15) is 16.9 Å². The first-order valence-electron chi connectivity index (χ1n) is 9.55. The predicted molar refractivity (Wildman–Crippen MR) is 118 cm³/mol. The van der Waals surface area contributed by atoms with Crippen LogP contribution in [0.15, 0.2) is 75.2 Å². The number of hydrogen-bond donors (Lipinski definition) is 1. The van der Waals surface area contributed by atoms with Crippen molar-refractivity contribution in [2.24, 2.45) is 0 Å². The van der Waals surface area contributed by atoms with Crippen LogP contribution in [0.25, 0.3) is 16.6 Å². The summed E-state index contributed by atoms with van der Waals surface area (Å²) in [7, 11) is 0. The molecule has 2 aromatic heterocycles. The molecule has 2 heterocycles. The van der Waals surface area contributed by atoms with E-state index in [0.29, 0.717) is 28.4 Å². The lowest BCUT2D eigenvalue weighted by molar-refractivity contribution is -0.118. The lowest BCUT2D eigenvalue weighted by atomic mass is 10.1. The molecule has 0 saturated carbocycles. The number of fused-ring (bicyclic) bond motifs is 1. The van der Waals surface area contributed by atoms with E-state index in [4.69, 9.17) is 9.40 Å². The Morgan fingerprint density at radius 1 is 1.10 bits per heavy atom. The maximum atomic E-state index is 13.3. The highest BCUT2D eigenvalue weighted by molar-refractivity contribution is 7.99. The Kier molecular flexibility index (Phi) is 5.72. The highest BCUT2D eigenvalue weighted by Crippen LogP contribution is 2.24. The molecule has 0 radical (unpaired) electrons. The van der Waals surface area contributed by atoms with Crippen molar-refractivity contribution < 1.29 is 9.21 Å². The number of amides is 1. The Labute approximate surface area is 177 Å². The number of carbonyl (C=O) groups is 1. The lowest BCUT2D eigenvalue weighted by Gasteiger charge is -2.16. The Morgan fingerprint density at radius 2 is 1.93 bits per heavy atom. The van der Waals surface area contributed by atoms with E-state index < -0.39 is 0 Å². The van der Waals surface area contributed by atoms with Crippen LogP contribution in [0.5, 0.6) is 0 Å². The third kappa shape index (κ3) is 4.02. The van der Waals surface area contributed by atoms with E-state index in [0.717, 1.165) is 16.8 Å². The second-order valence-corrected chi connectivity index (χ2v) is 7.86. The van der Waals surface area contributed by atoms with Crippen molar-refractivity contribution in [1.29, 1.82) is 0 Å². The fourth-order valence-electron chi connectivity index (χ4n) is 3.18. The van der Waals surface area contributed by atoms with Gasteiger partial charge < -0.3 is 9.73 Å². The van der Waals surface area contributed by atoms with Gasteiger partial charge >= 0.3 is 0 Å². The standard InChI is InChI=1S/C23H21N3O3S/c1-15-7-5-11-20(16(15)2)26-22(28)18-9-3-4-10-19(18)25-23(26)30-14-21(27)24-13-17-8-6-12-29-17/h3-12H,13-14H2,1-2H3,(H,24,27). The molecule has 0 aliphatic rings. The molecule has 6 nitrogen and oxygen atoms in total. The number of aromatic nitrogens is 2. The lowest BCUT2D eigenvalue weighted by Crippen LogP contribution is -2.26. The highest BCUT2D eigenvalue weighted by Gasteiger charge is 2.16. The molecule has 0 fully saturated rings. The van der Waals surface area contributed by atoms with Crippen molar-refractivity contribution in [3.8, 4) is 5.69 Å². The summed E-state index contributed by atoms with van der Waals surface area (Å²) < 4.78 is 6.84. The Balaban J connectivity index is 1.68. The molecule has 0 unspecified atom stereocenters. The van der Waals surface area contributed by atoms with Crippen LogP contribution < -0.4 is 10.9 Å². The number of nitrogens with one attached hydrogen (secondary N) is 1. The zero-order valence-electron chi connectivity index (χ0n) is 16.7. The van der Waals surface area contributed by atoms with E-state index in [-0.39, 0.29) is 17.2 Å². The quantitative estimate of drug-likeness (QED) is 0.378. The minimum atomic E-state index is -0.161. The number of thioether (sulfide) groups is 1. The van der Waals surface area contributed by atoms with Crippen molar-refractivity contribution in [1.82, 2.24) is 14.9 Å². The predicted octanol–water partition coefficient (Wildman–Crippen LogP) is 4.00. The molecule has 0 aliphatic carbocycles. The van der Waals surface area contributed by atoms with Crippen molar-refractivity contribution in [3.05, 3.63) is 88.1 Å². The molecule has 30 heavy (non-hydrogen) atoms. The second kappa shape index (κ2) is 8.59. The number of para-hydroxylation sites is 1. The number of carbonyl (C=O) groups excluding carboxylic acids is 1. The Hall–Kier alpha value is -3.32. The summed E-state index contributed by atoms with van der Waals surface area (Å²) in [5.74, 6) is 0.659. The van der Waals surface area contributed by atoms with E-state index in [1.807, 2.05) is 50.2 Å². The molecule has 0 aliphatic heterocycles. The second-order valence-electron chi connectivity index (χ2n) is 6.92. The number of nitrogens with zero attached hydrogens (tertiary/aromatic N) is 2. The summed E-state index contributed by atoms with van der Waals surface area (Å²) in [5, 5.41) is 3.85. The minimum absolute atomic E-state index is 0.135. The largest absolute Gasteiger partial charge is 0.467 e. The average molecular weight is 420 g/mol. The van der Waals surface area contributed by atoms with Gasteiger partial charge in [-0.05, 0) is 55.3 Å². The first-order valence-corrected chi connectivity index (χ1v) is 10.5.